The number of rotatable bonds is 11. The Bertz CT molecular complexity index is 832. The predicted molar refractivity (Wildman–Crippen MR) is 110 cm³/mol. The first kappa shape index (κ1) is 22.1. The lowest BCUT2D eigenvalue weighted by Gasteiger charge is -2.09. The third kappa shape index (κ3) is 7.78. The molecule has 0 spiro atoms. The van der Waals surface area contributed by atoms with Gasteiger partial charge in [0.15, 0.2) is 12.4 Å². The molecule has 2 aromatic carbocycles. The zero-order chi connectivity index (χ0) is 21.1. The summed E-state index contributed by atoms with van der Waals surface area (Å²) < 4.78 is 10.1. The number of aryl methyl sites for hydroxylation is 2. The van der Waals surface area contributed by atoms with E-state index in [0.29, 0.717) is 17.9 Å². The van der Waals surface area contributed by atoms with Gasteiger partial charge in [-0.15, -0.1) is 0 Å². The van der Waals surface area contributed by atoms with Crippen LogP contribution in [-0.4, -0.2) is 37.9 Å². The van der Waals surface area contributed by atoms with E-state index in [1.54, 1.807) is 12.1 Å². The van der Waals surface area contributed by atoms with Crippen molar-refractivity contribution in [3.63, 3.8) is 0 Å². The molecule has 154 valence electrons. The summed E-state index contributed by atoms with van der Waals surface area (Å²) in [6.07, 6.45) is 1.58. The van der Waals surface area contributed by atoms with Crippen LogP contribution >= 0.6 is 0 Å². The van der Waals surface area contributed by atoms with E-state index in [0.717, 1.165) is 18.4 Å². The molecular weight excluding hydrogens is 370 g/mol. The van der Waals surface area contributed by atoms with Crippen LogP contribution in [0.1, 0.15) is 40.7 Å². The van der Waals surface area contributed by atoms with Gasteiger partial charge in [-0.1, -0.05) is 42.0 Å². The first-order chi connectivity index (χ1) is 14.0. The molecule has 0 bridgehead atoms. The van der Waals surface area contributed by atoms with E-state index < -0.39 is 5.97 Å². The fourth-order valence-electron chi connectivity index (χ4n) is 2.82. The number of nitrogens with one attached hydrogen (secondary N) is 1. The van der Waals surface area contributed by atoms with E-state index in [4.69, 9.17) is 9.47 Å². The lowest BCUT2D eigenvalue weighted by Crippen LogP contribution is -2.29. The van der Waals surface area contributed by atoms with Crippen molar-refractivity contribution in [3.05, 3.63) is 65.2 Å². The van der Waals surface area contributed by atoms with Crippen molar-refractivity contribution in [3.8, 4) is 5.75 Å². The second kappa shape index (κ2) is 11.6. The zero-order valence-electron chi connectivity index (χ0n) is 16.9. The predicted octanol–water partition coefficient (Wildman–Crippen LogP) is 3.26. The summed E-state index contributed by atoms with van der Waals surface area (Å²) in [6.45, 7) is 2.05. The van der Waals surface area contributed by atoms with Crippen molar-refractivity contribution in [2.24, 2.45) is 0 Å². The van der Waals surface area contributed by atoms with E-state index in [9.17, 15) is 14.4 Å². The highest BCUT2D eigenvalue weighted by Gasteiger charge is 2.15. The Morgan fingerprint density at radius 2 is 1.76 bits per heavy atom. The molecule has 0 atom stereocenters. The van der Waals surface area contributed by atoms with E-state index in [1.165, 1.54) is 12.7 Å². The quantitative estimate of drug-likeness (QED) is 0.358. The summed E-state index contributed by atoms with van der Waals surface area (Å²) in [5.41, 5.74) is 2.58. The van der Waals surface area contributed by atoms with Gasteiger partial charge in [0, 0.05) is 13.0 Å². The van der Waals surface area contributed by atoms with Gasteiger partial charge in [0.1, 0.15) is 5.75 Å². The lowest BCUT2D eigenvalue weighted by molar-refractivity contribution is -0.148. The Morgan fingerprint density at radius 3 is 2.48 bits per heavy atom. The number of benzene rings is 2. The maximum Gasteiger partial charge on any atom is 0.306 e. The molecule has 0 aliphatic rings. The molecule has 0 saturated heterocycles. The molecule has 1 N–H and O–H groups in total. The van der Waals surface area contributed by atoms with E-state index in [2.05, 4.69) is 5.32 Å². The number of esters is 1. The zero-order valence-corrected chi connectivity index (χ0v) is 16.9. The van der Waals surface area contributed by atoms with Gasteiger partial charge in [0.2, 0.25) is 0 Å². The Morgan fingerprint density at radius 1 is 1.00 bits per heavy atom. The van der Waals surface area contributed by atoms with Gasteiger partial charge >= 0.3 is 5.97 Å². The molecule has 6 heteroatoms. The van der Waals surface area contributed by atoms with Crippen molar-refractivity contribution in [2.45, 2.75) is 32.6 Å². The van der Waals surface area contributed by atoms with E-state index in [1.807, 2.05) is 43.3 Å². The van der Waals surface area contributed by atoms with Gasteiger partial charge in [-0.25, -0.2) is 0 Å². The summed E-state index contributed by atoms with van der Waals surface area (Å²) in [5.74, 6) is -0.654. The lowest BCUT2D eigenvalue weighted by atomic mass is 10.0. The molecule has 2 aromatic rings. The van der Waals surface area contributed by atoms with Crippen molar-refractivity contribution in [2.75, 3.05) is 20.3 Å². The van der Waals surface area contributed by atoms with Crippen LogP contribution < -0.4 is 10.1 Å². The molecule has 6 nitrogen and oxygen atoms in total. The normalized spacial score (nSPS) is 10.3. The number of carbonyl (C=O) groups excluding carboxylic acids is 3. The topological polar surface area (TPSA) is 81.7 Å². The van der Waals surface area contributed by atoms with Gasteiger partial charge in [-0.05, 0) is 37.5 Å². The number of ketones is 1. The molecule has 0 aliphatic heterocycles. The first-order valence-electron chi connectivity index (χ1n) is 9.63. The third-order valence-corrected chi connectivity index (χ3v) is 4.38. The van der Waals surface area contributed by atoms with Crippen LogP contribution in [0.2, 0.25) is 0 Å². The molecule has 29 heavy (non-hydrogen) atoms. The standard InChI is InChI=1S/C23H27NO5/c1-17-10-12-21(28-2)19(15-17)20(25)11-13-23(27)29-16-22(26)24-14-6-9-18-7-4-3-5-8-18/h3-5,7-8,10,12,15H,6,9,11,13-14,16H2,1-2H3,(H,24,26). The number of hydrogen-bond acceptors (Lipinski definition) is 5. The van der Waals surface area contributed by atoms with Crippen LogP contribution in [0.25, 0.3) is 0 Å². The number of carbonyl (C=O) groups is 3. The van der Waals surface area contributed by atoms with E-state index >= 15 is 0 Å². The fourth-order valence-corrected chi connectivity index (χ4v) is 2.82. The van der Waals surface area contributed by atoms with Crippen LogP contribution in [0.15, 0.2) is 48.5 Å². The molecule has 0 aliphatic carbocycles. The number of methoxy groups -OCH3 is 1. The smallest absolute Gasteiger partial charge is 0.306 e. The Kier molecular flexibility index (Phi) is 8.89. The van der Waals surface area contributed by atoms with Crippen molar-refractivity contribution >= 4 is 17.7 Å². The minimum atomic E-state index is -0.579. The van der Waals surface area contributed by atoms with E-state index in [-0.39, 0.29) is 31.1 Å². The SMILES string of the molecule is COc1ccc(C)cc1C(=O)CCC(=O)OCC(=O)NCCCc1ccccc1. The van der Waals surface area contributed by atoms with Crippen LogP contribution in [0, 0.1) is 6.92 Å². The summed E-state index contributed by atoms with van der Waals surface area (Å²) in [7, 11) is 1.49. The molecule has 0 aromatic heterocycles. The number of hydrogen-bond donors (Lipinski definition) is 1. The highest BCUT2D eigenvalue weighted by atomic mass is 16.5. The van der Waals surface area contributed by atoms with Crippen molar-refractivity contribution in [1.82, 2.24) is 5.32 Å². The van der Waals surface area contributed by atoms with Crippen LogP contribution in [0.3, 0.4) is 0 Å². The molecule has 0 radical (unpaired) electrons. The van der Waals surface area contributed by atoms with Crippen LogP contribution in [0.5, 0.6) is 5.75 Å². The summed E-state index contributed by atoms with van der Waals surface area (Å²) >= 11 is 0. The van der Waals surface area contributed by atoms with Gasteiger partial charge in [0.25, 0.3) is 5.91 Å². The average molecular weight is 397 g/mol. The summed E-state index contributed by atoms with van der Waals surface area (Å²) in [4.78, 5) is 35.9. The van der Waals surface area contributed by atoms with Crippen molar-refractivity contribution in [1.29, 1.82) is 0 Å². The largest absolute Gasteiger partial charge is 0.496 e. The number of Topliss-reactive ketones (excluding diaryl/α,β-unsaturated/α-hetero) is 1. The minimum Gasteiger partial charge on any atom is -0.496 e. The highest BCUT2D eigenvalue weighted by Crippen LogP contribution is 2.21. The highest BCUT2D eigenvalue weighted by molar-refractivity contribution is 6.00. The Labute approximate surface area is 171 Å². The van der Waals surface area contributed by atoms with Gasteiger partial charge in [-0.2, -0.15) is 0 Å². The number of ether oxygens (including phenoxy) is 2. The first-order valence-corrected chi connectivity index (χ1v) is 9.63. The third-order valence-electron chi connectivity index (χ3n) is 4.38. The van der Waals surface area contributed by atoms with Crippen LogP contribution in [0.4, 0.5) is 0 Å². The van der Waals surface area contributed by atoms with Crippen LogP contribution in [-0.2, 0) is 20.7 Å². The maximum absolute atomic E-state index is 12.3. The van der Waals surface area contributed by atoms with Gasteiger partial charge < -0.3 is 14.8 Å². The molecule has 1 amide bonds. The summed E-state index contributed by atoms with van der Waals surface area (Å²) in [5, 5.41) is 2.72. The molecule has 0 fully saturated rings. The minimum absolute atomic E-state index is 0.00264. The molecule has 2 rings (SSSR count). The Balaban J connectivity index is 1.64. The fraction of sp³-hybridized carbons (Fsp3) is 0.348. The molecule has 0 saturated carbocycles. The molecule has 0 heterocycles. The molecular formula is C23H27NO5. The van der Waals surface area contributed by atoms with Gasteiger partial charge in [-0.3, -0.25) is 14.4 Å². The van der Waals surface area contributed by atoms with Crippen molar-refractivity contribution < 1.29 is 23.9 Å². The second-order valence-electron chi connectivity index (χ2n) is 6.73. The maximum atomic E-state index is 12.3. The average Bonchev–Trinajstić information content (AvgIpc) is 2.74. The van der Waals surface area contributed by atoms with Gasteiger partial charge in [0.05, 0.1) is 19.1 Å². The second-order valence-corrected chi connectivity index (χ2v) is 6.73. The number of amides is 1. The Hall–Kier alpha value is -3.15. The summed E-state index contributed by atoms with van der Waals surface area (Å²) in [6, 6.07) is 15.3. The molecule has 0 unspecified atom stereocenters. The monoisotopic (exact) mass is 397 g/mol.